The van der Waals surface area contributed by atoms with Gasteiger partial charge in [-0.15, -0.1) is 0 Å². The summed E-state index contributed by atoms with van der Waals surface area (Å²) in [5.74, 6) is 0. The van der Waals surface area contributed by atoms with E-state index in [4.69, 9.17) is 23.5 Å². The maximum absolute atomic E-state index is 11.2. The molecule has 0 aliphatic heterocycles. The quantitative estimate of drug-likeness (QED) is 0.768. The highest BCUT2D eigenvalue weighted by molar-refractivity contribution is 6.67. The van der Waals surface area contributed by atoms with Gasteiger partial charge < -0.3 is 0 Å². The molecule has 88 valence electrons. The summed E-state index contributed by atoms with van der Waals surface area (Å²) in [5, 5.41) is -0.470. The van der Waals surface area contributed by atoms with Crippen molar-refractivity contribution in [1.82, 2.24) is 0 Å². The lowest BCUT2D eigenvalue weighted by Gasteiger charge is -2.20. The van der Waals surface area contributed by atoms with Crippen LogP contribution >= 0.6 is 23.5 Å². The molecule has 0 bridgehead atoms. The van der Waals surface area contributed by atoms with Crippen LogP contribution in [0.15, 0.2) is 18.2 Å². The molecule has 0 aliphatic carbocycles. The number of carbonyl (C=O) groups is 1. The highest BCUT2D eigenvalue weighted by atomic mass is 35.5. The molecule has 0 unspecified atom stereocenters. The Hall–Kier alpha value is -0.570. The minimum absolute atomic E-state index is 0.0522. The summed E-state index contributed by atoms with van der Waals surface area (Å²) in [5.41, 5.74) is 2.29. The largest absolute Gasteiger partial charge is 0.276 e. The van der Waals surface area contributed by atoms with Crippen LogP contribution in [0.3, 0.4) is 0 Å². The van der Waals surface area contributed by atoms with Crippen molar-refractivity contribution in [3.05, 3.63) is 34.9 Å². The molecule has 16 heavy (non-hydrogen) atoms. The zero-order valence-corrected chi connectivity index (χ0v) is 11.0. The number of carbonyl (C=O) groups excluding carboxylic acids is 1. The molecule has 4 heteroatoms. The molecular weight excluding hydrogens is 247 g/mol. The minimum atomic E-state index is -0.470. The van der Waals surface area contributed by atoms with Crippen molar-refractivity contribution in [2.45, 2.75) is 32.8 Å². The van der Waals surface area contributed by atoms with Crippen LogP contribution in [0.2, 0.25) is 0 Å². The lowest BCUT2D eigenvalue weighted by molar-refractivity contribution is 0.108. The van der Waals surface area contributed by atoms with E-state index in [1.807, 2.05) is 6.07 Å². The zero-order valence-electron chi connectivity index (χ0n) is 9.51. The van der Waals surface area contributed by atoms with Crippen molar-refractivity contribution in [2.24, 2.45) is 0 Å². The maximum atomic E-state index is 11.2. The predicted molar refractivity (Wildman–Crippen MR) is 66.0 cm³/mol. The molecule has 0 aliphatic rings. The lowest BCUT2D eigenvalue weighted by Crippen LogP contribution is -2.12. The molecule has 0 heterocycles. The van der Waals surface area contributed by atoms with Gasteiger partial charge in [0.15, 0.2) is 0 Å². The normalized spacial score (nSPS) is 11.6. The maximum Gasteiger partial charge on any atom is 0.252 e. The van der Waals surface area contributed by atoms with Crippen molar-refractivity contribution in [3.63, 3.8) is 0 Å². The summed E-state index contributed by atoms with van der Waals surface area (Å²) in [4.78, 5) is 11.2. The van der Waals surface area contributed by atoms with Gasteiger partial charge in [0.1, 0.15) is 0 Å². The predicted octanol–water partition coefficient (Wildman–Crippen LogP) is 4.03. The Kier molecular flexibility index (Phi) is 4.36. The van der Waals surface area contributed by atoms with Gasteiger partial charge in [-0.05, 0) is 40.3 Å². The first-order valence-corrected chi connectivity index (χ1v) is 5.61. The molecule has 0 saturated heterocycles. The fourth-order valence-electron chi connectivity index (χ4n) is 1.38. The fraction of sp³-hybridized carbons (Fsp3) is 0.417. The molecule has 0 spiro atoms. The molecule has 1 aromatic rings. The monoisotopic (exact) mass is 260 g/mol. The van der Waals surface area contributed by atoms with Crippen LogP contribution in [-0.2, 0) is 16.3 Å². The van der Waals surface area contributed by atoms with Gasteiger partial charge in [-0.1, -0.05) is 26.8 Å². The van der Waals surface area contributed by atoms with Crippen molar-refractivity contribution in [3.8, 4) is 0 Å². The highest BCUT2D eigenvalue weighted by Crippen LogP contribution is 2.25. The first-order valence-electron chi connectivity index (χ1n) is 4.92. The molecule has 1 aromatic carbocycles. The van der Waals surface area contributed by atoms with Gasteiger partial charge in [0, 0.05) is 5.56 Å². The molecule has 2 nitrogen and oxygen atoms in total. The van der Waals surface area contributed by atoms with Gasteiger partial charge in [-0.25, -0.2) is 0 Å². The standard InChI is InChI=1S/C12H14Cl2O2/c1-12(2,3)10-5-8(7-16-14)4-9(6-10)11(13)15/h4-6H,7H2,1-3H3. The fourth-order valence-corrected chi connectivity index (χ4v) is 1.62. The van der Waals surface area contributed by atoms with E-state index in [0.717, 1.165) is 11.1 Å². The summed E-state index contributed by atoms with van der Waals surface area (Å²) in [6, 6.07) is 5.45. The van der Waals surface area contributed by atoms with E-state index in [9.17, 15) is 4.79 Å². The Labute approximate surface area is 106 Å². The summed E-state index contributed by atoms with van der Waals surface area (Å²) in [6.07, 6.45) is 0. The van der Waals surface area contributed by atoms with Crippen LogP contribution in [0.25, 0.3) is 0 Å². The van der Waals surface area contributed by atoms with Gasteiger partial charge in [0.05, 0.1) is 18.5 Å². The van der Waals surface area contributed by atoms with Crippen LogP contribution in [0, 0.1) is 0 Å². The van der Waals surface area contributed by atoms with E-state index in [1.54, 1.807) is 12.1 Å². The second kappa shape index (κ2) is 5.17. The number of hydrogen-bond donors (Lipinski definition) is 0. The van der Waals surface area contributed by atoms with E-state index in [1.165, 1.54) is 0 Å². The zero-order chi connectivity index (χ0) is 12.3. The number of rotatable bonds is 3. The van der Waals surface area contributed by atoms with E-state index in [0.29, 0.717) is 5.56 Å². The van der Waals surface area contributed by atoms with Gasteiger partial charge in [0.25, 0.3) is 5.24 Å². The molecule has 0 fully saturated rings. The van der Waals surface area contributed by atoms with Crippen LogP contribution < -0.4 is 0 Å². The Bertz CT molecular complexity index is 394. The summed E-state index contributed by atoms with van der Waals surface area (Å²) >= 11 is 10.7. The van der Waals surface area contributed by atoms with Crippen LogP contribution in [0.1, 0.15) is 42.3 Å². The summed E-state index contributed by atoms with van der Waals surface area (Å²) in [7, 11) is 0. The average Bonchev–Trinajstić information content (AvgIpc) is 2.16. The van der Waals surface area contributed by atoms with E-state index >= 15 is 0 Å². The number of benzene rings is 1. The third-order valence-corrected chi connectivity index (χ3v) is 2.63. The topological polar surface area (TPSA) is 26.3 Å². The van der Waals surface area contributed by atoms with Crippen LogP contribution in [0.5, 0.6) is 0 Å². The molecule has 1 rings (SSSR count). The second-order valence-electron chi connectivity index (χ2n) is 4.70. The van der Waals surface area contributed by atoms with Crippen molar-refractivity contribution < 1.29 is 9.08 Å². The Morgan fingerprint density at radius 1 is 1.31 bits per heavy atom. The van der Waals surface area contributed by atoms with Gasteiger partial charge in [-0.3, -0.25) is 9.08 Å². The Balaban J connectivity index is 3.24. The first-order chi connectivity index (χ1) is 7.34. The molecule has 0 amide bonds. The molecule has 0 aromatic heterocycles. The highest BCUT2D eigenvalue weighted by Gasteiger charge is 2.16. The smallest absolute Gasteiger partial charge is 0.252 e. The van der Waals surface area contributed by atoms with E-state index < -0.39 is 5.24 Å². The molecule has 0 N–H and O–H groups in total. The van der Waals surface area contributed by atoms with Crippen molar-refractivity contribution >= 4 is 28.7 Å². The Morgan fingerprint density at radius 2 is 1.94 bits per heavy atom. The van der Waals surface area contributed by atoms with Crippen molar-refractivity contribution in [1.29, 1.82) is 0 Å². The second-order valence-corrected chi connectivity index (χ2v) is 5.26. The third kappa shape index (κ3) is 3.48. The first kappa shape index (κ1) is 13.5. The third-order valence-electron chi connectivity index (χ3n) is 2.31. The minimum Gasteiger partial charge on any atom is -0.276 e. The summed E-state index contributed by atoms with van der Waals surface area (Å²) in [6.45, 7) is 6.45. The molecule has 0 atom stereocenters. The van der Waals surface area contributed by atoms with Crippen molar-refractivity contribution in [2.75, 3.05) is 0 Å². The van der Waals surface area contributed by atoms with Gasteiger partial charge in [-0.2, -0.15) is 0 Å². The molecular formula is C12H14Cl2O2. The summed E-state index contributed by atoms with van der Waals surface area (Å²) < 4.78 is 4.55. The molecule has 0 saturated carbocycles. The van der Waals surface area contributed by atoms with Crippen LogP contribution in [-0.4, -0.2) is 5.24 Å². The van der Waals surface area contributed by atoms with Gasteiger partial charge in [0.2, 0.25) is 0 Å². The molecule has 0 radical (unpaired) electrons. The Morgan fingerprint density at radius 3 is 2.38 bits per heavy atom. The van der Waals surface area contributed by atoms with Crippen LogP contribution in [0.4, 0.5) is 0 Å². The van der Waals surface area contributed by atoms with Gasteiger partial charge >= 0.3 is 0 Å². The number of hydrogen-bond acceptors (Lipinski definition) is 2. The SMILES string of the molecule is CC(C)(C)c1cc(COCl)cc(C(=O)Cl)c1. The number of halogens is 2. The van der Waals surface area contributed by atoms with E-state index in [-0.39, 0.29) is 12.0 Å². The van der Waals surface area contributed by atoms with E-state index in [2.05, 4.69) is 25.1 Å². The lowest BCUT2D eigenvalue weighted by atomic mass is 9.85. The average molecular weight is 261 g/mol.